The maximum atomic E-state index is 12.7. The van der Waals surface area contributed by atoms with Crippen molar-refractivity contribution in [2.45, 2.75) is 19.4 Å². The molecular weight excluding hydrogens is 325 g/mol. The van der Waals surface area contributed by atoms with Crippen LogP contribution in [0.1, 0.15) is 18.4 Å². The van der Waals surface area contributed by atoms with Crippen LogP contribution in [-0.2, 0) is 30.7 Å². The number of amides is 1. The van der Waals surface area contributed by atoms with E-state index in [1.165, 1.54) is 12.1 Å². The predicted molar refractivity (Wildman–Crippen MR) is 80.6 cm³/mol. The van der Waals surface area contributed by atoms with E-state index < -0.39 is 28.3 Å². The molecule has 1 aliphatic rings. The van der Waals surface area contributed by atoms with Crippen molar-refractivity contribution in [1.29, 1.82) is 0 Å². The molecule has 1 saturated heterocycles. The maximum absolute atomic E-state index is 12.7. The topological polar surface area (TPSA) is 89.5 Å². The van der Waals surface area contributed by atoms with Crippen LogP contribution in [0.25, 0.3) is 0 Å². The minimum Gasteiger partial charge on any atom is -0.456 e. The first-order valence-electron chi connectivity index (χ1n) is 7.21. The molecule has 0 aliphatic carbocycles. The molecule has 126 valence electrons. The van der Waals surface area contributed by atoms with Gasteiger partial charge in [-0.05, 0) is 30.0 Å². The van der Waals surface area contributed by atoms with Crippen molar-refractivity contribution in [3.05, 3.63) is 35.6 Å². The molecule has 0 spiro atoms. The van der Waals surface area contributed by atoms with Crippen molar-refractivity contribution in [3.63, 3.8) is 0 Å². The number of esters is 1. The Morgan fingerprint density at radius 1 is 1.26 bits per heavy atom. The van der Waals surface area contributed by atoms with Crippen molar-refractivity contribution in [1.82, 2.24) is 5.32 Å². The van der Waals surface area contributed by atoms with Crippen LogP contribution in [0, 0.1) is 11.7 Å². The van der Waals surface area contributed by atoms with E-state index in [1.807, 2.05) is 0 Å². The molecule has 0 unspecified atom stereocenters. The van der Waals surface area contributed by atoms with Gasteiger partial charge in [0.2, 0.25) is 0 Å². The molecule has 0 aromatic heterocycles. The number of rotatable bonds is 6. The summed E-state index contributed by atoms with van der Waals surface area (Å²) in [6.45, 7) is -0.211. The summed E-state index contributed by atoms with van der Waals surface area (Å²) < 4.78 is 40.1. The summed E-state index contributed by atoms with van der Waals surface area (Å²) in [4.78, 5) is 23.2. The summed E-state index contributed by atoms with van der Waals surface area (Å²) in [7, 11) is -3.03. The first-order chi connectivity index (χ1) is 10.8. The first kappa shape index (κ1) is 17.4. The zero-order chi connectivity index (χ0) is 16.9. The van der Waals surface area contributed by atoms with Crippen LogP contribution in [-0.4, -0.2) is 38.4 Å². The number of hydrogen-bond donors (Lipinski definition) is 1. The number of carbonyl (C=O) groups excluding carboxylic acids is 2. The zero-order valence-electron chi connectivity index (χ0n) is 12.5. The summed E-state index contributed by atoms with van der Waals surface area (Å²) >= 11 is 0. The van der Waals surface area contributed by atoms with Gasteiger partial charge in [0.05, 0.1) is 11.5 Å². The van der Waals surface area contributed by atoms with Gasteiger partial charge in [-0.15, -0.1) is 0 Å². The zero-order valence-corrected chi connectivity index (χ0v) is 13.3. The summed E-state index contributed by atoms with van der Waals surface area (Å²) in [5.74, 6) is -1.54. The third-order valence-electron chi connectivity index (χ3n) is 3.55. The highest BCUT2D eigenvalue weighted by atomic mass is 32.2. The van der Waals surface area contributed by atoms with Gasteiger partial charge >= 0.3 is 5.97 Å². The number of hydrogen-bond acceptors (Lipinski definition) is 5. The molecule has 0 bridgehead atoms. The van der Waals surface area contributed by atoms with Crippen molar-refractivity contribution in [2.24, 2.45) is 5.92 Å². The lowest BCUT2D eigenvalue weighted by atomic mass is 10.1. The lowest BCUT2D eigenvalue weighted by molar-refractivity contribution is -0.149. The predicted octanol–water partition coefficient (Wildman–Crippen LogP) is 0.810. The van der Waals surface area contributed by atoms with Crippen LogP contribution >= 0.6 is 0 Å². The number of nitrogens with one attached hydrogen (secondary N) is 1. The van der Waals surface area contributed by atoms with Crippen LogP contribution in [0.4, 0.5) is 4.39 Å². The largest absolute Gasteiger partial charge is 0.456 e. The molecule has 1 fully saturated rings. The molecular formula is C15H18FNO5S. The van der Waals surface area contributed by atoms with Gasteiger partial charge < -0.3 is 10.1 Å². The molecule has 6 nitrogen and oxygen atoms in total. The van der Waals surface area contributed by atoms with Crippen LogP contribution < -0.4 is 5.32 Å². The highest BCUT2D eigenvalue weighted by molar-refractivity contribution is 7.91. The Balaban J connectivity index is 1.66. The average molecular weight is 343 g/mol. The van der Waals surface area contributed by atoms with E-state index in [-0.39, 0.29) is 36.2 Å². The van der Waals surface area contributed by atoms with Gasteiger partial charge in [0.15, 0.2) is 16.4 Å². The van der Waals surface area contributed by atoms with Gasteiger partial charge in [-0.25, -0.2) is 12.8 Å². The normalized spacial score (nSPS) is 19.3. The number of carbonyl (C=O) groups is 2. The molecule has 1 aliphatic heterocycles. The molecule has 1 atom stereocenters. The molecule has 1 N–H and O–H groups in total. The molecule has 8 heteroatoms. The number of benzene rings is 1. The van der Waals surface area contributed by atoms with E-state index in [0.717, 1.165) is 5.56 Å². The second kappa shape index (κ2) is 7.54. The Morgan fingerprint density at radius 3 is 2.57 bits per heavy atom. The van der Waals surface area contributed by atoms with Gasteiger partial charge in [0.1, 0.15) is 5.82 Å². The van der Waals surface area contributed by atoms with E-state index in [4.69, 9.17) is 4.74 Å². The number of halogens is 1. The highest BCUT2D eigenvalue weighted by Gasteiger charge is 2.29. The van der Waals surface area contributed by atoms with Crippen LogP contribution in [0.15, 0.2) is 24.3 Å². The SMILES string of the molecule is O=C(COC(=O)C[C@H]1CCS(=O)(=O)C1)NCc1ccc(F)cc1. The Labute approximate surface area is 133 Å². The molecule has 2 rings (SSSR count). The monoisotopic (exact) mass is 343 g/mol. The van der Waals surface area contributed by atoms with Crippen molar-refractivity contribution < 1.29 is 27.1 Å². The Morgan fingerprint density at radius 2 is 1.96 bits per heavy atom. The second-order valence-electron chi connectivity index (χ2n) is 5.54. The van der Waals surface area contributed by atoms with Crippen molar-refractivity contribution >= 4 is 21.7 Å². The van der Waals surface area contributed by atoms with Crippen LogP contribution in [0.2, 0.25) is 0 Å². The average Bonchev–Trinajstić information content (AvgIpc) is 2.83. The van der Waals surface area contributed by atoms with E-state index in [1.54, 1.807) is 12.1 Å². The number of ether oxygens (including phenoxy) is 1. The fourth-order valence-electron chi connectivity index (χ4n) is 2.33. The van der Waals surface area contributed by atoms with Gasteiger partial charge in [-0.1, -0.05) is 12.1 Å². The molecule has 1 aromatic carbocycles. The maximum Gasteiger partial charge on any atom is 0.306 e. The van der Waals surface area contributed by atoms with Gasteiger partial charge in [-0.3, -0.25) is 9.59 Å². The standard InChI is InChI=1S/C15H18FNO5S/c16-13-3-1-11(2-4-13)8-17-14(18)9-22-15(19)7-12-5-6-23(20,21)10-12/h1-4,12H,5-10H2,(H,17,18)/t12-/m1/s1. The van der Waals surface area contributed by atoms with Gasteiger partial charge in [0, 0.05) is 13.0 Å². The van der Waals surface area contributed by atoms with Gasteiger partial charge in [-0.2, -0.15) is 0 Å². The highest BCUT2D eigenvalue weighted by Crippen LogP contribution is 2.21. The summed E-state index contributed by atoms with van der Waals surface area (Å²) in [5.41, 5.74) is 0.724. The summed E-state index contributed by atoms with van der Waals surface area (Å²) in [6.07, 6.45) is 0.457. The summed E-state index contributed by atoms with van der Waals surface area (Å²) in [6, 6.07) is 5.67. The Hall–Kier alpha value is -1.96. The minimum atomic E-state index is -3.03. The lowest BCUT2D eigenvalue weighted by Gasteiger charge is -2.09. The Kier molecular flexibility index (Phi) is 5.70. The van der Waals surface area contributed by atoms with Crippen molar-refractivity contribution in [3.8, 4) is 0 Å². The molecule has 1 amide bonds. The molecule has 0 radical (unpaired) electrons. The fraction of sp³-hybridized carbons (Fsp3) is 0.467. The first-order valence-corrected chi connectivity index (χ1v) is 9.03. The Bertz CT molecular complexity index is 672. The smallest absolute Gasteiger partial charge is 0.306 e. The number of sulfone groups is 1. The molecule has 23 heavy (non-hydrogen) atoms. The van der Waals surface area contributed by atoms with Crippen molar-refractivity contribution in [2.75, 3.05) is 18.1 Å². The van der Waals surface area contributed by atoms with Crippen LogP contribution in [0.3, 0.4) is 0 Å². The quantitative estimate of drug-likeness (QED) is 0.772. The second-order valence-corrected chi connectivity index (χ2v) is 7.77. The summed E-state index contributed by atoms with van der Waals surface area (Å²) in [5, 5.41) is 2.55. The van der Waals surface area contributed by atoms with Crippen LogP contribution in [0.5, 0.6) is 0 Å². The fourth-order valence-corrected chi connectivity index (χ4v) is 4.19. The van der Waals surface area contributed by atoms with E-state index in [2.05, 4.69) is 5.32 Å². The minimum absolute atomic E-state index is 0.00113. The lowest BCUT2D eigenvalue weighted by Crippen LogP contribution is -2.28. The van der Waals surface area contributed by atoms with E-state index in [9.17, 15) is 22.4 Å². The van der Waals surface area contributed by atoms with E-state index >= 15 is 0 Å². The van der Waals surface area contributed by atoms with E-state index in [0.29, 0.717) is 6.42 Å². The third-order valence-corrected chi connectivity index (χ3v) is 5.39. The molecule has 1 aromatic rings. The molecule has 1 heterocycles. The van der Waals surface area contributed by atoms with Gasteiger partial charge in [0.25, 0.3) is 5.91 Å². The molecule has 0 saturated carbocycles. The third kappa shape index (κ3) is 5.97.